The molecule has 1 fully saturated rings. The van der Waals surface area contributed by atoms with E-state index in [4.69, 9.17) is 11.8 Å². The van der Waals surface area contributed by atoms with Gasteiger partial charge in [0.25, 0.3) is 0 Å². The van der Waals surface area contributed by atoms with E-state index in [0.717, 1.165) is 10.9 Å². The summed E-state index contributed by atoms with van der Waals surface area (Å²) in [7, 11) is 0. The van der Waals surface area contributed by atoms with Crippen molar-refractivity contribution in [1.82, 2.24) is 4.84 Å². The molecule has 2 unspecified atom stereocenters. The van der Waals surface area contributed by atoms with Crippen LogP contribution in [0, 0.1) is 0 Å². The van der Waals surface area contributed by atoms with Crippen molar-refractivity contribution in [3.63, 3.8) is 0 Å². The lowest BCUT2D eigenvalue weighted by atomic mass is 10.1. The molecule has 12 heavy (non-hydrogen) atoms. The number of rotatable bonds is 2. The first-order valence-corrected chi connectivity index (χ1v) is 5.10. The number of hydrogen-bond donors (Lipinski definition) is 1. The molecule has 1 aromatic carbocycles. The molecule has 1 N–H and O–H groups in total. The van der Waals surface area contributed by atoms with Gasteiger partial charge in [-0.3, -0.25) is 0 Å². The highest BCUT2D eigenvalue weighted by Gasteiger charge is 2.37. The molecule has 64 valence electrons. The Bertz CT molecular complexity index is 272. The lowest BCUT2D eigenvalue weighted by Gasteiger charge is -1.98. The van der Waals surface area contributed by atoms with Crippen molar-refractivity contribution in [2.75, 3.05) is 0 Å². The number of hydrogen-bond acceptors (Lipinski definition) is 1. The molecule has 1 aromatic rings. The van der Waals surface area contributed by atoms with E-state index in [0.29, 0.717) is 12.0 Å². The van der Waals surface area contributed by atoms with Crippen LogP contribution >= 0.6 is 27.7 Å². The normalized spacial score (nSPS) is 27.2. The summed E-state index contributed by atoms with van der Waals surface area (Å²) in [6.45, 7) is 0. The summed E-state index contributed by atoms with van der Waals surface area (Å²) >= 11 is 8.92. The van der Waals surface area contributed by atoms with Gasteiger partial charge in [0, 0.05) is 16.4 Å². The van der Waals surface area contributed by atoms with E-state index in [9.17, 15) is 0 Å². The van der Waals surface area contributed by atoms with Crippen LogP contribution in [0.15, 0.2) is 28.7 Å². The Hall–Kier alpha value is -0.0500. The first kappa shape index (κ1) is 8.54. The predicted molar refractivity (Wildman–Crippen MR) is 54.3 cm³/mol. The second-order valence-corrected chi connectivity index (χ2v) is 4.24. The summed E-state index contributed by atoms with van der Waals surface area (Å²) in [4.78, 5) is 2.76. The van der Waals surface area contributed by atoms with Gasteiger partial charge in [0.1, 0.15) is 0 Å². The highest BCUT2D eigenvalue weighted by atomic mass is 79.9. The Kier molecular flexibility index (Phi) is 2.40. The van der Waals surface area contributed by atoms with Crippen LogP contribution in [0.5, 0.6) is 0 Å². The molecule has 0 radical (unpaired) electrons. The molecule has 0 saturated heterocycles. The van der Waals surface area contributed by atoms with Crippen LogP contribution in [0.25, 0.3) is 0 Å². The molecule has 2 rings (SSSR count). The molecule has 0 aliphatic heterocycles. The van der Waals surface area contributed by atoms with Gasteiger partial charge in [-0.2, -0.15) is 0 Å². The summed E-state index contributed by atoms with van der Waals surface area (Å²) in [5.74, 6) is 0.621. The third kappa shape index (κ3) is 1.65. The maximum Gasteiger partial charge on any atom is 0.0296 e. The van der Waals surface area contributed by atoms with Crippen molar-refractivity contribution in [1.29, 1.82) is 0 Å². The Labute approximate surface area is 85.4 Å². The largest absolute Gasteiger partial charge is 0.230 e. The molecule has 1 saturated carbocycles. The molecule has 0 aromatic heterocycles. The van der Waals surface area contributed by atoms with Crippen molar-refractivity contribution in [2.45, 2.75) is 18.4 Å². The summed E-state index contributed by atoms with van der Waals surface area (Å²) in [6.07, 6.45) is 1.16. The van der Waals surface area contributed by atoms with Crippen molar-refractivity contribution >= 4 is 27.7 Å². The monoisotopic (exact) mass is 245 g/mol. The minimum atomic E-state index is 0.479. The molecule has 3 heteroatoms. The van der Waals surface area contributed by atoms with Crippen molar-refractivity contribution in [3.8, 4) is 0 Å². The van der Waals surface area contributed by atoms with Crippen LogP contribution in [-0.4, -0.2) is 6.04 Å². The van der Waals surface area contributed by atoms with E-state index >= 15 is 0 Å². The van der Waals surface area contributed by atoms with Crippen LogP contribution in [0.3, 0.4) is 0 Å². The molecule has 2 atom stereocenters. The molecule has 1 aliphatic carbocycles. The van der Waals surface area contributed by atoms with E-state index < -0.39 is 0 Å². The fourth-order valence-electron chi connectivity index (χ4n) is 1.39. The Morgan fingerprint density at radius 1 is 1.33 bits per heavy atom. The molecule has 0 amide bonds. The lowest BCUT2D eigenvalue weighted by molar-refractivity contribution is 0.907. The third-order valence-electron chi connectivity index (χ3n) is 2.23. The average Bonchev–Trinajstić information content (AvgIpc) is 2.85. The van der Waals surface area contributed by atoms with Gasteiger partial charge in [-0.25, -0.2) is 4.84 Å². The number of halogens is 2. The van der Waals surface area contributed by atoms with Gasteiger partial charge < -0.3 is 0 Å². The van der Waals surface area contributed by atoms with Crippen LogP contribution in [0.1, 0.15) is 17.9 Å². The predicted octanol–water partition coefficient (Wildman–Crippen LogP) is 3.05. The third-order valence-corrected chi connectivity index (χ3v) is 3.04. The van der Waals surface area contributed by atoms with Gasteiger partial charge >= 0.3 is 0 Å². The first-order chi connectivity index (χ1) is 5.81. The van der Waals surface area contributed by atoms with Gasteiger partial charge in [0.2, 0.25) is 0 Å². The maximum absolute atomic E-state index is 5.52. The van der Waals surface area contributed by atoms with Gasteiger partial charge in [0.05, 0.1) is 0 Å². The van der Waals surface area contributed by atoms with E-state index in [1.807, 2.05) is 0 Å². The SMILES string of the molecule is ClNC1CC1c1ccc(Br)cc1. The maximum atomic E-state index is 5.52. The second-order valence-electron chi connectivity index (χ2n) is 3.11. The van der Waals surface area contributed by atoms with Crippen molar-refractivity contribution in [2.24, 2.45) is 0 Å². The van der Waals surface area contributed by atoms with E-state index in [1.54, 1.807) is 0 Å². The second kappa shape index (κ2) is 3.36. The topological polar surface area (TPSA) is 12.0 Å². The van der Waals surface area contributed by atoms with Gasteiger partial charge in [-0.1, -0.05) is 28.1 Å². The van der Waals surface area contributed by atoms with Gasteiger partial charge in [-0.05, 0) is 35.9 Å². The molecule has 0 bridgehead atoms. The van der Waals surface area contributed by atoms with E-state index in [-0.39, 0.29) is 0 Å². The standard InChI is InChI=1S/C9H9BrClN/c10-7-3-1-6(2-4-7)8-5-9(8)12-11/h1-4,8-9,12H,5H2. The molecule has 0 spiro atoms. The minimum Gasteiger partial charge on any atom is -0.230 e. The summed E-state index contributed by atoms with van der Waals surface area (Å²) in [5.41, 5.74) is 1.37. The molecule has 1 aliphatic rings. The molecule has 0 heterocycles. The average molecular weight is 247 g/mol. The first-order valence-electron chi connectivity index (χ1n) is 3.93. The van der Waals surface area contributed by atoms with Crippen molar-refractivity contribution in [3.05, 3.63) is 34.3 Å². The fraction of sp³-hybridized carbons (Fsp3) is 0.333. The van der Waals surface area contributed by atoms with Crippen molar-refractivity contribution < 1.29 is 0 Å². The van der Waals surface area contributed by atoms with Crippen LogP contribution in [0.4, 0.5) is 0 Å². The smallest absolute Gasteiger partial charge is 0.0296 e. The summed E-state index contributed by atoms with van der Waals surface area (Å²) in [5, 5.41) is 0. The van der Waals surface area contributed by atoms with Crippen LogP contribution in [-0.2, 0) is 0 Å². The molecular weight excluding hydrogens is 237 g/mol. The van der Waals surface area contributed by atoms with Gasteiger partial charge in [-0.15, -0.1) is 0 Å². The Morgan fingerprint density at radius 2 is 2.00 bits per heavy atom. The molecular formula is C9H9BrClN. The number of nitrogens with one attached hydrogen (secondary N) is 1. The zero-order chi connectivity index (χ0) is 8.55. The number of benzene rings is 1. The van der Waals surface area contributed by atoms with Crippen LogP contribution in [0.2, 0.25) is 0 Å². The summed E-state index contributed by atoms with van der Waals surface area (Å²) < 4.78 is 1.13. The highest BCUT2D eigenvalue weighted by molar-refractivity contribution is 9.10. The van der Waals surface area contributed by atoms with Crippen LogP contribution < -0.4 is 4.84 Å². The van der Waals surface area contributed by atoms with Gasteiger partial charge in [0.15, 0.2) is 0 Å². The van der Waals surface area contributed by atoms with E-state index in [1.165, 1.54) is 5.56 Å². The zero-order valence-corrected chi connectivity index (χ0v) is 8.77. The quantitative estimate of drug-likeness (QED) is 0.791. The Morgan fingerprint density at radius 3 is 2.50 bits per heavy atom. The lowest BCUT2D eigenvalue weighted by Crippen LogP contribution is -2.02. The highest BCUT2D eigenvalue weighted by Crippen LogP contribution is 2.41. The minimum absolute atomic E-state index is 0.479. The molecule has 1 nitrogen and oxygen atoms in total. The summed E-state index contributed by atoms with van der Waals surface area (Å²) in [6, 6.07) is 8.90. The Balaban J connectivity index is 2.10. The fourth-order valence-corrected chi connectivity index (χ4v) is 1.90. The van der Waals surface area contributed by atoms with E-state index in [2.05, 4.69) is 45.0 Å². The zero-order valence-electron chi connectivity index (χ0n) is 6.43.